The first-order valence-corrected chi connectivity index (χ1v) is 5.38. The number of hydrogen-bond donors (Lipinski definition) is 1. The predicted molar refractivity (Wildman–Crippen MR) is 58.1 cm³/mol. The van der Waals surface area contributed by atoms with Crippen molar-refractivity contribution in [2.45, 2.75) is 39.2 Å². The third-order valence-corrected chi connectivity index (χ3v) is 2.61. The fourth-order valence-corrected chi connectivity index (χ4v) is 1.96. The zero-order valence-corrected chi connectivity index (χ0v) is 9.63. The van der Waals surface area contributed by atoms with Crippen molar-refractivity contribution in [3.63, 3.8) is 0 Å². The topological polar surface area (TPSA) is 36.9 Å². The second-order valence-corrected chi connectivity index (χ2v) is 3.67. The fourth-order valence-electron chi connectivity index (χ4n) is 1.96. The van der Waals surface area contributed by atoms with Crippen LogP contribution in [-0.4, -0.2) is 36.5 Å². The summed E-state index contributed by atoms with van der Waals surface area (Å²) in [5, 5.41) is 6.18. The molecule has 1 N–H and O–H groups in total. The molecule has 0 aliphatic carbocycles. The summed E-state index contributed by atoms with van der Waals surface area (Å²) in [5.41, 5.74) is 4.24. The van der Waals surface area contributed by atoms with E-state index in [0.29, 0.717) is 0 Å². The number of nitrogens with one attached hydrogen (secondary N) is 1. The normalized spacial score (nSPS) is 31.0. The first-order chi connectivity index (χ1) is 6.74. The van der Waals surface area contributed by atoms with Gasteiger partial charge in [-0.1, -0.05) is 19.0 Å². The number of hydrazine groups is 1. The minimum absolute atomic E-state index is 0.00685. The minimum Gasteiger partial charge on any atom is -0.387 e. The molecule has 82 valence electrons. The largest absolute Gasteiger partial charge is 0.387 e. The molecule has 4 heteroatoms. The molecule has 2 aliphatic heterocycles. The van der Waals surface area contributed by atoms with E-state index in [1.165, 1.54) is 0 Å². The van der Waals surface area contributed by atoms with Crippen LogP contribution in [0.15, 0.2) is 5.16 Å². The maximum Gasteiger partial charge on any atom is 0.158 e. The molecular formula is C10H21N3O. The van der Waals surface area contributed by atoms with Gasteiger partial charge in [0.2, 0.25) is 0 Å². The van der Waals surface area contributed by atoms with Gasteiger partial charge in [0.05, 0.1) is 12.3 Å². The molecule has 0 bridgehead atoms. The SMILES string of the molecule is CC.CNN1CCC2(CC(C)=NO2)C1. The molecule has 0 saturated carbocycles. The van der Waals surface area contributed by atoms with Gasteiger partial charge in [-0.3, -0.25) is 5.43 Å². The molecule has 1 saturated heterocycles. The molecule has 0 aromatic heterocycles. The fraction of sp³-hybridized carbons (Fsp3) is 0.900. The summed E-state index contributed by atoms with van der Waals surface area (Å²) < 4.78 is 0. The van der Waals surface area contributed by atoms with E-state index in [1.54, 1.807) is 0 Å². The van der Waals surface area contributed by atoms with E-state index in [1.807, 2.05) is 27.8 Å². The van der Waals surface area contributed by atoms with Gasteiger partial charge in [0.1, 0.15) is 0 Å². The number of rotatable bonds is 1. The molecule has 2 rings (SSSR count). The van der Waals surface area contributed by atoms with Crippen molar-refractivity contribution in [1.82, 2.24) is 10.4 Å². The number of hydrogen-bond acceptors (Lipinski definition) is 4. The van der Waals surface area contributed by atoms with Crippen LogP contribution in [0.5, 0.6) is 0 Å². The monoisotopic (exact) mass is 199 g/mol. The molecule has 1 spiro atoms. The van der Waals surface area contributed by atoms with Crippen molar-refractivity contribution in [2.75, 3.05) is 20.1 Å². The van der Waals surface area contributed by atoms with E-state index in [0.717, 1.165) is 31.6 Å². The average molecular weight is 199 g/mol. The lowest BCUT2D eigenvalue weighted by molar-refractivity contribution is -0.0130. The van der Waals surface area contributed by atoms with E-state index >= 15 is 0 Å². The minimum atomic E-state index is -0.00685. The molecule has 14 heavy (non-hydrogen) atoms. The van der Waals surface area contributed by atoms with E-state index < -0.39 is 0 Å². The van der Waals surface area contributed by atoms with Crippen LogP contribution in [0.3, 0.4) is 0 Å². The predicted octanol–water partition coefficient (Wildman–Crippen LogP) is 1.39. The summed E-state index contributed by atoms with van der Waals surface area (Å²) in [6, 6.07) is 0. The molecule has 0 aromatic carbocycles. The Morgan fingerprint density at radius 1 is 1.50 bits per heavy atom. The molecule has 4 nitrogen and oxygen atoms in total. The quantitative estimate of drug-likeness (QED) is 0.693. The third kappa shape index (κ3) is 2.25. The number of nitrogens with zero attached hydrogens (tertiary/aromatic N) is 2. The van der Waals surface area contributed by atoms with Gasteiger partial charge in [-0.25, -0.2) is 5.01 Å². The first-order valence-electron chi connectivity index (χ1n) is 5.38. The standard InChI is InChI=1S/C8H15N3O.C2H6/c1-7-5-8(12-10-7)3-4-11(6-8)9-2;1-2/h9H,3-6H2,1-2H3;1-2H3. The highest BCUT2D eigenvalue weighted by Crippen LogP contribution is 2.32. The summed E-state index contributed by atoms with van der Waals surface area (Å²) in [7, 11) is 1.95. The van der Waals surface area contributed by atoms with Gasteiger partial charge in [0.15, 0.2) is 5.60 Å². The van der Waals surface area contributed by atoms with Gasteiger partial charge in [-0.05, 0) is 14.0 Å². The van der Waals surface area contributed by atoms with Crippen molar-refractivity contribution in [3.05, 3.63) is 0 Å². The van der Waals surface area contributed by atoms with Gasteiger partial charge < -0.3 is 4.84 Å². The van der Waals surface area contributed by atoms with Crippen LogP contribution in [0.25, 0.3) is 0 Å². The molecule has 1 atom stereocenters. The van der Waals surface area contributed by atoms with E-state index in [4.69, 9.17) is 4.84 Å². The smallest absolute Gasteiger partial charge is 0.158 e. The Morgan fingerprint density at radius 3 is 2.64 bits per heavy atom. The first kappa shape index (κ1) is 11.5. The summed E-state index contributed by atoms with van der Waals surface area (Å²) >= 11 is 0. The molecule has 0 aromatic rings. The highest BCUT2D eigenvalue weighted by Gasteiger charge is 2.43. The van der Waals surface area contributed by atoms with E-state index in [-0.39, 0.29) is 5.60 Å². The molecule has 1 fully saturated rings. The lowest BCUT2D eigenvalue weighted by Gasteiger charge is -2.20. The Hall–Kier alpha value is -0.610. The Morgan fingerprint density at radius 2 is 2.21 bits per heavy atom. The lowest BCUT2D eigenvalue weighted by Crippen LogP contribution is -2.38. The van der Waals surface area contributed by atoms with Crippen LogP contribution in [0.1, 0.15) is 33.6 Å². The van der Waals surface area contributed by atoms with Gasteiger partial charge in [0, 0.05) is 19.4 Å². The summed E-state index contributed by atoms with van der Waals surface area (Å²) in [6.45, 7) is 8.03. The van der Waals surface area contributed by atoms with E-state index in [9.17, 15) is 0 Å². The van der Waals surface area contributed by atoms with Crippen molar-refractivity contribution in [2.24, 2.45) is 5.16 Å². The van der Waals surface area contributed by atoms with Gasteiger partial charge >= 0.3 is 0 Å². The van der Waals surface area contributed by atoms with Crippen LogP contribution in [-0.2, 0) is 4.84 Å². The molecule has 2 heterocycles. The highest BCUT2D eigenvalue weighted by molar-refractivity contribution is 5.83. The van der Waals surface area contributed by atoms with Crippen LogP contribution in [0, 0.1) is 0 Å². The van der Waals surface area contributed by atoms with Gasteiger partial charge in [0.25, 0.3) is 0 Å². The van der Waals surface area contributed by atoms with Crippen LogP contribution >= 0.6 is 0 Å². The number of oxime groups is 1. The zero-order chi connectivity index (χ0) is 10.6. The maximum atomic E-state index is 5.45. The maximum absolute atomic E-state index is 5.45. The second-order valence-electron chi connectivity index (χ2n) is 3.67. The molecular weight excluding hydrogens is 178 g/mol. The molecule has 1 unspecified atom stereocenters. The van der Waals surface area contributed by atoms with Gasteiger partial charge in [-0.15, -0.1) is 0 Å². The average Bonchev–Trinajstić information content (AvgIpc) is 2.78. The lowest BCUT2D eigenvalue weighted by atomic mass is 9.97. The van der Waals surface area contributed by atoms with Crippen LogP contribution < -0.4 is 5.43 Å². The van der Waals surface area contributed by atoms with E-state index in [2.05, 4.69) is 15.6 Å². The Labute approximate surface area is 86.3 Å². The Kier molecular flexibility index (Phi) is 3.89. The second kappa shape index (κ2) is 4.75. The van der Waals surface area contributed by atoms with Crippen molar-refractivity contribution >= 4 is 5.71 Å². The summed E-state index contributed by atoms with van der Waals surface area (Å²) in [6.07, 6.45) is 2.07. The van der Waals surface area contributed by atoms with Crippen molar-refractivity contribution in [1.29, 1.82) is 0 Å². The Bertz CT molecular complexity index is 217. The van der Waals surface area contributed by atoms with Crippen molar-refractivity contribution < 1.29 is 4.84 Å². The van der Waals surface area contributed by atoms with Crippen LogP contribution in [0.2, 0.25) is 0 Å². The summed E-state index contributed by atoms with van der Waals surface area (Å²) in [4.78, 5) is 5.45. The van der Waals surface area contributed by atoms with Crippen molar-refractivity contribution in [3.8, 4) is 0 Å². The van der Waals surface area contributed by atoms with Crippen LogP contribution in [0.4, 0.5) is 0 Å². The molecule has 0 radical (unpaired) electrons. The third-order valence-electron chi connectivity index (χ3n) is 2.61. The molecule has 2 aliphatic rings. The summed E-state index contributed by atoms with van der Waals surface area (Å²) in [5.74, 6) is 0. The zero-order valence-electron chi connectivity index (χ0n) is 9.63. The highest BCUT2D eigenvalue weighted by atomic mass is 16.7. The Balaban J connectivity index is 0.000000461. The molecule has 0 amide bonds. The van der Waals surface area contributed by atoms with Gasteiger partial charge in [-0.2, -0.15) is 0 Å².